The Morgan fingerprint density at radius 1 is 1.24 bits per heavy atom. The van der Waals surface area contributed by atoms with Crippen LogP contribution < -0.4 is 10.5 Å². The van der Waals surface area contributed by atoms with Gasteiger partial charge in [0.25, 0.3) is 10.0 Å². The van der Waals surface area contributed by atoms with Gasteiger partial charge in [0.1, 0.15) is 4.90 Å². The minimum Gasteiger partial charge on any atom is -0.396 e. The summed E-state index contributed by atoms with van der Waals surface area (Å²) < 4.78 is 40.8. The van der Waals surface area contributed by atoms with E-state index in [0.29, 0.717) is 5.56 Å². The van der Waals surface area contributed by atoms with Gasteiger partial charge < -0.3 is 5.73 Å². The summed E-state index contributed by atoms with van der Waals surface area (Å²) in [5.41, 5.74) is 5.82. The average Bonchev–Trinajstić information content (AvgIpc) is 2.38. The lowest BCUT2D eigenvalue weighted by atomic mass is 10.2. The van der Waals surface area contributed by atoms with Crippen LogP contribution in [-0.4, -0.2) is 8.42 Å². The van der Waals surface area contributed by atoms with Crippen molar-refractivity contribution in [3.05, 3.63) is 51.8 Å². The van der Waals surface area contributed by atoms with Gasteiger partial charge in [0.05, 0.1) is 16.4 Å². The first-order valence-electron chi connectivity index (χ1n) is 5.75. The van der Waals surface area contributed by atoms with Crippen LogP contribution in [0.25, 0.3) is 0 Å². The molecule has 0 radical (unpaired) electrons. The summed E-state index contributed by atoms with van der Waals surface area (Å²) in [5, 5.41) is 0.221. The third kappa shape index (κ3) is 3.23. The van der Waals surface area contributed by atoms with Crippen LogP contribution in [0.2, 0.25) is 10.0 Å². The van der Waals surface area contributed by atoms with E-state index in [-0.39, 0.29) is 21.4 Å². The van der Waals surface area contributed by atoms with Crippen molar-refractivity contribution in [3.63, 3.8) is 0 Å². The van der Waals surface area contributed by atoms with Crippen LogP contribution in [0.15, 0.2) is 35.2 Å². The van der Waals surface area contributed by atoms with E-state index in [9.17, 15) is 12.8 Å². The Labute approximate surface area is 131 Å². The molecule has 0 aliphatic carbocycles. The Morgan fingerprint density at radius 2 is 1.90 bits per heavy atom. The van der Waals surface area contributed by atoms with Gasteiger partial charge in [-0.15, -0.1) is 0 Å². The third-order valence-corrected chi connectivity index (χ3v) is 4.66. The quantitative estimate of drug-likeness (QED) is 0.828. The second kappa shape index (κ2) is 5.71. The van der Waals surface area contributed by atoms with Crippen LogP contribution in [0, 0.1) is 12.7 Å². The Balaban J connectivity index is 2.54. The van der Waals surface area contributed by atoms with Crippen molar-refractivity contribution in [3.8, 4) is 0 Å². The Kier molecular flexibility index (Phi) is 4.32. The number of hydrogen-bond donors (Lipinski definition) is 2. The standard InChI is InChI=1S/C13H11Cl2FN2O2S/c1-7-3-2-4-9(15)13(7)18-21(19,20)11-6-8(14)5-10(17)12(11)16/h2-6,18H,17H2,1H3. The molecule has 2 aromatic rings. The highest BCUT2D eigenvalue weighted by molar-refractivity contribution is 7.92. The molecule has 2 rings (SSSR count). The van der Waals surface area contributed by atoms with Gasteiger partial charge in [-0.05, 0) is 30.7 Å². The van der Waals surface area contributed by atoms with Crippen LogP contribution in [0.5, 0.6) is 0 Å². The molecule has 0 amide bonds. The van der Waals surface area contributed by atoms with Crippen LogP contribution in [0.4, 0.5) is 15.8 Å². The lowest BCUT2D eigenvalue weighted by molar-refractivity contribution is 0.573. The van der Waals surface area contributed by atoms with E-state index in [4.69, 9.17) is 28.9 Å². The SMILES string of the molecule is Cc1cccc(Cl)c1NS(=O)(=O)c1cc(Cl)cc(N)c1F. The summed E-state index contributed by atoms with van der Waals surface area (Å²) >= 11 is 11.7. The number of nitrogen functional groups attached to an aromatic ring is 1. The topological polar surface area (TPSA) is 72.2 Å². The molecule has 0 heterocycles. The molecule has 8 heteroatoms. The van der Waals surface area contributed by atoms with E-state index in [1.54, 1.807) is 19.1 Å². The maximum absolute atomic E-state index is 13.9. The number of nitrogens with two attached hydrogens (primary N) is 1. The molecule has 0 saturated carbocycles. The van der Waals surface area contributed by atoms with Crippen molar-refractivity contribution in [2.24, 2.45) is 0 Å². The minimum atomic E-state index is -4.21. The Morgan fingerprint density at radius 3 is 2.52 bits per heavy atom. The Hall–Kier alpha value is -1.50. The summed E-state index contributed by atoms with van der Waals surface area (Å²) in [6.07, 6.45) is 0. The highest BCUT2D eigenvalue weighted by atomic mass is 35.5. The molecule has 0 saturated heterocycles. The van der Waals surface area contributed by atoms with E-state index < -0.39 is 20.7 Å². The van der Waals surface area contributed by atoms with Crippen molar-refractivity contribution in [2.75, 3.05) is 10.5 Å². The zero-order chi connectivity index (χ0) is 15.8. The van der Waals surface area contributed by atoms with Crippen molar-refractivity contribution in [1.82, 2.24) is 0 Å². The lowest BCUT2D eigenvalue weighted by Crippen LogP contribution is -2.16. The zero-order valence-corrected chi connectivity index (χ0v) is 13.2. The molecule has 112 valence electrons. The van der Waals surface area contributed by atoms with Gasteiger partial charge >= 0.3 is 0 Å². The number of anilines is 2. The molecule has 21 heavy (non-hydrogen) atoms. The number of para-hydroxylation sites is 1. The maximum atomic E-state index is 13.9. The van der Waals surface area contributed by atoms with E-state index >= 15 is 0 Å². The second-order valence-corrected chi connectivity index (χ2v) is 6.84. The minimum absolute atomic E-state index is 0.0187. The normalized spacial score (nSPS) is 11.4. The molecule has 0 atom stereocenters. The van der Waals surface area contributed by atoms with E-state index in [1.165, 1.54) is 6.07 Å². The van der Waals surface area contributed by atoms with Gasteiger partial charge in [-0.2, -0.15) is 0 Å². The van der Waals surface area contributed by atoms with E-state index in [0.717, 1.165) is 12.1 Å². The van der Waals surface area contributed by atoms with Gasteiger partial charge in [-0.3, -0.25) is 4.72 Å². The number of sulfonamides is 1. The van der Waals surface area contributed by atoms with Crippen LogP contribution >= 0.6 is 23.2 Å². The monoisotopic (exact) mass is 348 g/mol. The lowest BCUT2D eigenvalue weighted by Gasteiger charge is -2.13. The molecule has 0 bridgehead atoms. The van der Waals surface area contributed by atoms with Gasteiger partial charge in [-0.1, -0.05) is 35.3 Å². The highest BCUT2D eigenvalue weighted by Gasteiger charge is 2.23. The summed E-state index contributed by atoms with van der Waals surface area (Å²) in [7, 11) is -4.21. The van der Waals surface area contributed by atoms with E-state index in [1.807, 2.05) is 0 Å². The van der Waals surface area contributed by atoms with Crippen molar-refractivity contribution >= 4 is 44.6 Å². The summed E-state index contributed by atoms with van der Waals surface area (Å²) in [6.45, 7) is 1.67. The summed E-state index contributed by atoms with van der Waals surface area (Å²) in [5.74, 6) is -1.06. The highest BCUT2D eigenvalue weighted by Crippen LogP contribution is 2.30. The number of aryl methyl sites for hydroxylation is 1. The molecule has 0 spiro atoms. The number of benzene rings is 2. The zero-order valence-electron chi connectivity index (χ0n) is 10.8. The summed E-state index contributed by atoms with van der Waals surface area (Å²) in [6, 6.07) is 6.99. The van der Waals surface area contributed by atoms with Gasteiger partial charge in [0, 0.05) is 5.02 Å². The smallest absolute Gasteiger partial charge is 0.265 e. The predicted molar refractivity (Wildman–Crippen MR) is 82.8 cm³/mol. The van der Waals surface area contributed by atoms with Crippen LogP contribution in [0.3, 0.4) is 0 Å². The first kappa shape index (κ1) is 15.9. The first-order valence-corrected chi connectivity index (χ1v) is 7.99. The third-order valence-electron chi connectivity index (χ3n) is 2.78. The van der Waals surface area contributed by atoms with Crippen molar-refractivity contribution in [1.29, 1.82) is 0 Å². The Bertz CT molecular complexity index is 790. The molecular weight excluding hydrogens is 338 g/mol. The number of hydrogen-bond acceptors (Lipinski definition) is 3. The fraction of sp³-hybridized carbons (Fsp3) is 0.0769. The van der Waals surface area contributed by atoms with Crippen molar-refractivity contribution < 1.29 is 12.8 Å². The fourth-order valence-corrected chi connectivity index (χ4v) is 3.63. The van der Waals surface area contributed by atoms with E-state index in [2.05, 4.69) is 4.72 Å². The molecule has 0 aliphatic rings. The summed E-state index contributed by atoms with van der Waals surface area (Å²) in [4.78, 5) is -0.633. The molecule has 0 unspecified atom stereocenters. The largest absolute Gasteiger partial charge is 0.396 e. The molecule has 0 aromatic heterocycles. The van der Waals surface area contributed by atoms with Crippen molar-refractivity contribution in [2.45, 2.75) is 11.8 Å². The average molecular weight is 349 g/mol. The molecule has 3 N–H and O–H groups in total. The molecule has 0 aliphatic heterocycles. The second-order valence-electron chi connectivity index (χ2n) is 4.34. The van der Waals surface area contributed by atoms with Gasteiger partial charge in [0.15, 0.2) is 5.82 Å². The van der Waals surface area contributed by atoms with Crippen LogP contribution in [-0.2, 0) is 10.0 Å². The number of rotatable bonds is 3. The molecule has 2 aromatic carbocycles. The van der Waals surface area contributed by atoms with Gasteiger partial charge in [-0.25, -0.2) is 12.8 Å². The molecular formula is C13H11Cl2FN2O2S. The number of nitrogens with one attached hydrogen (secondary N) is 1. The number of halogens is 3. The molecule has 0 fully saturated rings. The predicted octanol–water partition coefficient (Wildman–Crippen LogP) is 3.82. The molecule has 4 nitrogen and oxygen atoms in total. The van der Waals surface area contributed by atoms with Gasteiger partial charge in [0.2, 0.25) is 0 Å². The maximum Gasteiger partial charge on any atom is 0.265 e. The van der Waals surface area contributed by atoms with Crippen LogP contribution in [0.1, 0.15) is 5.56 Å². The first-order chi connectivity index (χ1) is 9.72. The fourth-order valence-electron chi connectivity index (χ4n) is 1.73.